The number of phenols is 4. The zero-order chi connectivity index (χ0) is 17.8. The van der Waals surface area contributed by atoms with Gasteiger partial charge in [0, 0.05) is 5.56 Å². The molecule has 0 aliphatic heterocycles. The Morgan fingerprint density at radius 3 is 1.70 bits per heavy atom. The summed E-state index contributed by atoms with van der Waals surface area (Å²) < 4.78 is 8.74. The molecule has 2 aromatic carbocycles. The highest BCUT2D eigenvalue weighted by molar-refractivity contribution is 6.22. The lowest BCUT2D eigenvalue weighted by atomic mass is 10.1. The fraction of sp³-hybridized carbons (Fsp3) is 0.0667. The third-order valence-corrected chi connectivity index (χ3v) is 2.34. The second-order valence-corrected chi connectivity index (χ2v) is 4.61. The van der Waals surface area contributed by atoms with Gasteiger partial charge in [-0.15, -0.1) is 6.58 Å². The third-order valence-electron chi connectivity index (χ3n) is 2.34. The van der Waals surface area contributed by atoms with Crippen molar-refractivity contribution in [2.24, 2.45) is 0 Å². The first-order chi connectivity index (χ1) is 10.8. The molecular weight excluding hydrogens is 320 g/mol. The van der Waals surface area contributed by atoms with Gasteiger partial charge in [-0.1, -0.05) is 30.3 Å². The Labute approximate surface area is 134 Å². The topological polar surface area (TPSA) is 138 Å². The zero-order valence-electron chi connectivity index (χ0n) is 12.1. The van der Waals surface area contributed by atoms with Gasteiger partial charge in [0.05, 0.1) is 0 Å². The van der Waals surface area contributed by atoms with Gasteiger partial charge < -0.3 is 30.0 Å². The number of allylic oxidation sites excluding steroid dienone is 1. The Kier molecular flexibility index (Phi) is 9.29. The second kappa shape index (κ2) is 10.7. The highest BCUT2D eigenvalue weighted by Crippen LogP contribution is 2.28. The summed E-state index contributed by atoms with van der Waals surface area (Å²) >= 11 is 0. The Morgan fingerprint density at radius 2 is 1.30 bits per heavy atom. The maximum absolute atomic E-state index is 9.23. The Balaban J connectivity index is 0.000000354. The molecule has 0 saturated heterocycles. The van der Waals surface area contributed by atoms with Crippen LogP contribution in [0.5, 0.6) is 23.0 Å². The summed E-state index contributed by atoms with van der Waals surface area (Å²) in [5.41, 5.74) is 0.694. The molecule has 0 aliphatic carbocycles. The lowest BCUT2D eigenvalue weighted by Gasteiger charge is -2.01. The molecule has 0 radical (unpaired) electrons. The van der Waals surface area contributed by atoms with Crippen LogP contribution in [0.4, 0.5) is 0 Å². The van der Waals surface area contributed by atoms with Crippen LogP contribution in [0, 0.1) is 0 Å². The predicted octanol–water partition coefficient (Wildman–Crippen LogP) is 1.31. The minimum absolute atomic E-state index is 0.0487. The first-order valence-corrected chi connectivity index (χ1v) is 7.59. The number of phenolic OH excluding ortho intramolecular Hbond substituents is 4. The van der Waals surface area contributed by atoms with E-state index in [1.807, 2.05) is 0 Å². The van der Waals surface area contributed by atoms with Crippen LogP contribution in [0.15, 0.2) is 55.1 Å². The minimum atomic E-state index is -3.13. The summed E-state index contributed by atoms with van der Waals surface area (Å²) in [5, 5.41) is 35.6. The standard InChI is InChI=1S/C9H10O2.C6H6O2.H2O3Si/c1-2-4-7-5-3-6-8(10)9(7)11;7-5-3-1-2-4-6(5)8;1-4(2)3/h2-3,5-6,10-11H,1,4H2;1-4,7-8H;1-2H. The number of hydrogen-bond donors (Lipinski definition) is 6. The summed E-state index contributed by atoms with van der Waals surface area (Å²) in [5.74, 6) is -0.281. The van der Waals surface area contributed by atoms with Crippen LogP contribution in [0.25, 0.3) is 0 Å². The number of aromatic hydroxyl groups is 4. The van der Waals surface area contributed by atoms with Crippen molar-refractivity contribution in [2.75, 3.05) is 0 Å². The van der Waals surface area contributed by atoms with Gasteiger partial charge in [0.15, 0.2) is 23.0 Å². The molecule has 6 N–H and O–H groups in total. The molecule has 0 bridgehead atoms. The van der Waals surface area contributed by atoms with Crippen molar-refractivity contribution in [3.8, 4) is 23.0 Å². The smallest absolute Gasteiger partial charge is 0.511 e. The maximum Gasteiger partial charge on any atom is 0.761 e. The summed E-state index contributed by atoms with van der Waals surface area (Å²) in [6.45, 7) is 3.53. The molecule has 0 aromatic heterocycles. The fourth-order valence-electron chi connectivity index (χ4n) is 1.36. The van der Waals surface area contributed by atoms with E-state index in [-0.39, 0.29) is 23.0 Å². The molecule has 8 heteroatoms. The molecule has 0 aliphatic rings. The van der Waals surface area contributed by atoms with Gasteiger partial charge in [-0.2, -0.15) is 0 Å². The van der Waals surface area contributed by atoms with Crippen LogP contribution >= 0.6 is 0 Å². The predicted molar refractivity (Wildman–Crippen MR) is 84.3 cm³/mol. The molecule has 2 rings (SSSR count). The molecular formula is C15H18O7Si. The van der Waals surface area contributed by atoms with Gasteiger partial charge in [-0.3, -0.25) is 4.46 Å². The SMILES string of the molecule is C=CCc1cccc(O)c1O.O=[Si](O)O.Oc1ccccc1O. The summed E-state index contributed by atoms with van der Waals surface area (Å²) in [7, 11) is -3.13. The molecule has 7 nitrogen and oxygen atoms in total. The van der Waals surface area contributed by atoms with Gasteiger partial charge >= 0.3 is 9.17 Å². The molecule has 0 saturated carbocycles. The van der Waals surface area contributed by atoms with Crippen LogP contribution in [-0.4, -0.2) is 39.2 Å². The van der Waals surface area contributed by atoms with E-state index in [0.29, 0.717) is 12.0 Å². The number of para-hydroxylation sites is 3. The zero-order valence-corrected chi connectivity index (χ0v) is 13.1. The van der Waals surface area contributed by atoms with Crippen molar-refractivity contribution >= 4 is 9.17 Å². The van der Waals surface area contributed by atoms with Crippen LogP contribution in [0.2, 0.25) is 0 Å². The molecule has 0 fully saturated rings. The largest absolute Gasteiger partial charge is 0.761 e. The maximum atomic E-state index is 9.23. The van der Waals surface area contributed by atoms with E-state index >= 15 is 0 Å². The fourth-order valence-corrected chi connectivity index (χ4v) is 1.36. The third kappa shape index (κ3) is 8.78. The summed E-state index contributed by atoms with van der Waals surface area (Å²) in [4.78, 5) is 14.3. The highest BCUT2D eigenvalue weighted by atomic mass is 28.3. The normalized spacial score (nSPS) is 8.70. The van der Waals surface area contributed by atoms with Gasteiger partial charge in [0.1, 0.15) is 0 Å². The lowest BCUT2D eigenvalue weighted by molar-refractivity contribution is 0.330. The average molecular weight is 338 g/mol. The van der Waals surface area contributed by atoms with Crippen LogP contribution in [-0.2, 0) is 10.9 Å². The van der Waals surface area contributed by atoms with Crippen LogP contribution < -0.4 is 0 Å². The second-order valence-electron chi connectivity index (χ2n) is 4.05. The molecule has 0 spiro atoms. The summed E-state index contributed by atoms with van der Waals surface area (Å²) in [6.07, 6.45) is 2.24. The molecule has 23 heavy (non-hydrogen) atoms. The number of benzene rings is 2. The van der Waals surface area contributed by atoms with Gasteiger partial charge in [-0.25, -0.2) is 0 Å². The summed E-state index contributed by atoms with van der Waals surface area (Å²) in [6, 6.07) is 11.0. The average Bonchev–Trinajstić information content (AvgIpc) is 2.47. The number of rotatable bonds is 2. The van der Waals surface area contributed by atoms with Crippen molar-refractivity contribution in [1.29, 1.82) is 0 Å². The van der Waals surface area contributed by atoms with E-state index in [9.17, 15) is 5.11 Å². The quantitative estimate of drug-likeness (QED) is 0.276. The first kappa shape index (κ1) is 20.0. The van der Waals surface area contributed by atoms with E-state index in [1.165, 1.54) is 18.2 Å². The monoisotopic (exact) mass is 338 g/mol. The van der Waals surface area contributed by atoms with E-state index < -0.39 is 9.17 Å². The van der Waals surface area contributed by atoms with Crippen LogP contribution in [0.1, 0.15) is 5.56 Å². The molecule has 0 atom stereocenters. The first-order valence-electron chi connectivity index (χ1n) is 6.29. The number of hydrogen-bond acceptors (Lipinski definition) is 5. The van der Waals surface area contributed by atoms with Crippen LogP contribution in [0.3, 0.4) is 0 Å². The van der Waals surface area contributed by atoms with Gasteiger partial charge in [0.2, 0.25) is 0 Å². The van der Waals surface area contributed by atoms with Crippen molar-refractivity contribution in [2.45, 2.75) is 6.42 Å². The lowest BCUT2D eigenvalue weighted by Crippen LogP contribution is -1.90. The minimum Gasteiger partial charge on any atom is -0.511 e. The molecule has 0 amide bonds. The van der Waals surface area contributed by atoms with Crippen molar-refractivity contribution in [1.82, 2.24) is 0 Å². The van der Waals surface area contributed by atoms with E-state index in [2.05, 4.69) is 6.58 Å². The Bertz CT molecular complexity index is 618. The van der Waals surface area contributed by atoms with Crippen molar-refractivity contribution in [3.63, 3.8) is 0 Å². The van der Waals surface area contributed by atoms with Crippen molar-refractivity contribution in [3.05, 3.63) is 60.7 Å². The molecule has 124 valence electrons. The Hall–Kier alpha value is -3.00. The molecule has 0 heterocycles. The van der Waals surface area contributed by atoms with Gasteiger partial charge in [0.25, 0.3) is 0 Å². The van der Waals surface area contributed by atoms with E-state index in [0.717, 1.165) is 0 Å². The molecule has 2 aromatic rings. The van der Waals surface area contributed by atoms with E-state index in [4.69, 9.17) is 29.4 Å². The van der Waals surface area contributed by atoms with Crippen molar-refractivity contribution < 1.29 is 34.5 Å². The highest BCUT2D eigenvalue weighted by Gasteiger charge is 2.02. The molecule has 0 unspecified atom stereocenters. The van der Waals surface area contributed by atoms with E-state index in [1.54, 1.807) is 30.3 Å². The Morgan fingerprint density at radius 1 is 0.870 bits per heavy atom. The van der Waals surface area contributed by atoms with Gasteiger partial charge in [-0.05, 0) is 24.6 Å².